The molecule has 0 aromatic heterocycles. The van der Waals surface area contributed by atoms with Crippen LogP contribution in [-0.2, 0) is 0 Å². The fourth-order valence-electron chi connectivity index (χ4n) is 3.94. The van der Waals surface area contributed by atoms with E-state index < -0.39 is 0 Å². The number of carbonyl (C=O) groups excluding carboxylic acids is 1. The van der Waals surface area contributed by atoms with Crippen molar-refractivity contribution in [2.45, 2.75) is 20.3 Å². The highest BCUT2D eigenvalue weighted by Gasteiger charge is 2.26. The zero-order valence-corrected chi connectivity index (χ0v) is 18.7. The summed E-state index contributed by atoms with van der Waals surface area (Å²) in [5, 5.41) is 14.9. The molecule has 2 aromatic rings. The Hall–Kier alpha value is -3.29. The van der Waals surface area contributed by atoms with Crippen molar-refractivity contribution in [2.24, 2.45) is 0 Å². The molecule has 1 N–H and O–H groups in total. The van der Waals surface area contributed by atoms with Gasteiger partial charge in [0.05, 0.1) is 21.9 Å². The second-order valence-electron chi connectivity index (χ2n) is 8.05. The number of hydrogen-bond acceptors (Lipinski definition) is 6. The van der Waals surface area contributed by atoms with Gasteiger partial charge in [0.2, 0.25) is 0 Å². The second kappa shape index (κ2) is 9.68. The molecule has 1 aliphatic rings. The number of aryl methyl sites for hydroxylation is 1. The standard InChI is InChI=1S/C23H31N5O3/c1-5-10-24-22-18(23(29)25(3)4)15-17(2)16-21(22)27-13-11-26(12-14-27)19-8-6-7-9-20(19)28(30)31/h6-9,15-16,24H,5,10-14H2,1-4H3. The van der Waals surface area contributed by atoms with E-state index in [1.54, 1.807) is 31.1 Å². The van der Waals surface area contributed by atoms with E-state index in [2.05, 4.69) is 28.1 Å². The van der Waals surface area contributed by atoms with Crippen LogP contribution >= 0.6 is 0 Å². The van der Waals surface area contributed by atoms with Gasteiger partial charge in [-0.2, -0.15) is 0 Å². The molecule has 1 heterocycles. The molecule has 0 bridgehead atoms. The first-order valence-corrected chi connectivity index (χ1v) is 10.7. The number of rotatable bonds is 7. The number of nitrogens with zero attached hydrogens (tertiary/aromatic N) is 4. The summed E-state index contributed by atoms with van der Waals surface area (Å²) < 4.78 is 0. The maximum absolute atomic E-state index is 12.8. The first-order chi connectivity index (χ1) is 14.8. The molecule has 1 amide bonds. The SMILES string of the molecule is CCCNc1c(C(=O)N(C)C)cc(C)cc1N1CCN(c2ccccc2[N+](=O)[O-])CC1. The summed E-state index contributed by atoms with van der Waals surface area (Å²) in [6.45, 7) is 7.65. The predicted molar refractivity (Wildman–Crippen MR) is 125 cm³/mol. The molecule has 8 nitrogen and oxygen atoms in total. The average Bonchev–Trinajstić information content (AvgIpc) is 2.77. The molecule has 8 heteroatoms. The quantitative estimate of drug-likeness (QED) is 0.537. The highest BCUT2D eigenvalue weighted by molar-refractivity contribution is 6.02. The Balaban J connectivity index is 1.89. The Morgan fingerprint density at radius 1 is 1.10 bits per heavy atom. The molecule has 2 aromatic carbocycles. The van der Waals surface area contributed by atoms with Gasteiger partial charge < -0.3 is 20.0 Å². The molecule has 31 heavy (non-hydrogen) atoms. The molecule has 0 spiro atoms. The molecular formula is C23H31N5O3. The van der Waals surface area contributed by atoms with Crippen LogP contribution in [-0.4, -0.2) is 62.5 Å². The zero-order chi connectivity index (χ0) is 22.5. The number of nitro benzene ring substituents is 1. The third-order valence-corrected chi connectivity index (χ3v) is 5.49. The van der Waals surface area contributed by atoms with E-state index in [9.17, 15) is 14.9 Å². The minimum Gasteiger partial charge on any atom is -0.383 e. The van der Waals surface area contributed by atoms with Crippen LogP contribution in [0.5, 0.6) is 0 Å². The molecule has 0 unspecified atom stereocenters. The van der Waals surface area contributed by atoms with Gasteiger partial charge in [-0.3, -0.25) is 14.9 Å². The summed E-state index contributed by atoms with van der Waals surface area (Å²) in [5.41, 5.74) is 4.38. The van der Waals surface area contributed by atoms with Crippen molar-refractivity contribution in [1.82, 2.24) is 4.90 Å². The van der Waals surface area contributed by atoms with Crippen molar-refractivity contribution in [3.8, 4) is 0 Å². The van der Waals surface area contributed by atoms with Gasteiger partial charge in [-0.1, -0.05) is 19.1 Å². The Morgan fingerprint density at radius 3 is 2.29 bits per heavy atom. The van der Waals surface area contributed by atoms with Crippen LogP contribution in [0.4, 0.5) is 22.7 Å². The minimum absolute atomic E-state index is 0.0258. The van der Waals surface area contributed by atoms with E-state index in [4.69, 9.17) is 0 Å². The lowest BCUT2D eigenvalue weighted by atomic mass is 10.0. The molecule has 3 rings (SSSR count). The average molecular weight is 426 g/mol. The fourth-order valence-corrected chi connectivity index (χ4v) is 3.94. The van der Waals surface area contributed by atoms with Gasteiger partial charge in [-0.25, -0.2) is 0 Å². The zero-order valence-electron chi connectivity index (χ0n) is 18.7. The van der Waals surface area contributed by atoms with Gasteiger partial charge in [0.25, 0.3) is 11.6 Å². The summed E-state index contributed by atoms with van der Waals surface area (Å²) in [4.78, 5) is 29.9. The van der Waals surface area contributed by atoms with E-state index >= 15 is 0 Å². The maximum Gasteiger partial charge on any atom is 0.292 e. The third-order valence-electron chi connectivity index (χ3n) is 5.49. The van der Waals surface area contributed by atoms with E-state index in [1.165, 1.54) is 0 Å². The Kier molecular flexibility index (Phi) is 6.99. The first kappa shape index (κ1) is 22.4. The Labute approximate surface area is 183 Å². The second-order valence-corrected chi connectivity index (χ2v) is 8.05. The lowest BCUT2D eigenvalue weighted by Gasteiger charge is -2.38. The Bertz CT molecular complexity index is 952. The molecule has 0 saturated carbocycles. The predicted octanol–water partition coefficient (Wildman–Crippen LogP) is 3.75. The van der Waals surface area contributed by atoms with E-state index in [0.29, 0.717) is 37.4 Å². The van der Waals surface area contributed by atoms with Crippen molar-refractivity contribution in [2.75, 3.05) is 61.9 Å². The number of amides is 1. The van der Waals surface area contributed by atoms with Gasteiger partial charge in [-0.05, 0) is 37.1 Å². The summed E-state index contributed by atoms with van der Waals surface area (Å²) >= 11 is 0. The lowest BCUT2D eigenvalue weighted by Crippen LogP contribution is -2.47. The van der Waals surface area contributed by atoms with Crippen molar-refractivity contribution in [3.63, 3.8) is 0 Å². The highest BCUT2D eigenvalue weighted by atomic mass is 16.6. The number of carbonyl (C=O) groups is 1. The third kappa shape index (κ3) is 4.90. The molecule has 1 saturated heterocycles. The normalized spacial score (nSPS) is 13.8. The van der Waals surface area contributed by atoms with Crippen LogP contribution in [0.2, 0.25) is 0 Å². The summed E-state index contributed by atoms with van der Waals surface area (Å²) in [5.74, 6) is -0.0258. The number of para-hydroxylation sites is 2. The molecule has 0 atom stereocenters. The van der Waals surface area contributed by atoms with Gasteiger partial charge in [0.15, 0.2) is 0 Å². The molecular weight excluding hydrogens is 394 g/mol. The number of hydrogen-bond donors (Lipinski definition) is 1. The summed E-state index contributed by atoms with van der Waals surface area (Å²) in [7, 11) is 3.53. The van der Waals surface area contributed by atoms with Gasteiger partial charge in [0, 0.05) is 52.9 Å². The topological polar surface area (TPSA) is 82.0 Å². The number of piperazine rings is 1. The largest absolute Gasteiger partial charge is 0.383 e. The monoisotopic (exact) mass is 425 g/mol. The van der Waals surface area contributed by atoms with Crippen molar-refractivity contribution >= 4 is 28.7 Å². The number of benzene rings is 2. The van der Waals surface area contributed by atoms with E-state index in [-0.39, 0.29) is 16.5 Å². The molecule has 1 aliphatic heterocycles. The molecule has 0 radical (unpaired) electrons. The fraction of sp³-hybridized carbons (Fsp3) is 0.435. The molecule has 166 valence electrons. The van der Waals surface area contributed by atoms with E-state index in [1.807, 2.05) is 25.1 Å². The van der Waals surface area contributed by atoms with Crippen LogP contribution in [0.3, 0.4) is 0 Å². The first-order valence-electron chi connectivity index (χ1n) is 10.7. The van der Waals surface area contributed by atoms with Crippen LogP contribution in [0.25, 0.3) is 0 Å². The number of nitrogens with one attached hydrogen (secondary N) is 1. The Morgan fingerprint density at radius 2 is 1.71 bits per heavy atom. The van der Waals surface area contributed by atoms with Gasteiger partial charge >= 0.3 is 0 Å². The maximum atomic E-state index is 12.8. The molecule has 0 aliphatic carbocycles. The summed E-state index contributed by atoms with van der Waals surface area (Å²) in [6.07, 6.45) is 0.953. The van der Waals surface area contributed by atoms with Crippen molar-refractivity contribution in [3.05, 3.63) is 57.6 Å². The van der Waals surface area contributed by atoms with Crippen molar-refractivity contribution in [1.29, 1.82) is 0 Å². The summed E-state index contributed by atoms with van der Waals surface area (Å²) in [6, 6.07) is 10.9. The van der Waals surface area contributed by atoms with Gasteiger partial charge in [0.1, 0.15) is 5.69 Å². The van der Waals surface area contributed by atoms with E-state index in [0.717, 1.165) is 29.9 Å². The number of nitro groups is 1. The minimum atomic E-state index is -0.325. The van der Waals surface area contributed by atoms with Crippen LogP contribution < -0.4 is 15.1 Å². The lowest BCUT2D eigenvalue weighted by molar-refractivity contribution is -0.384. The number of anilines is 3. The van der Waals surface area contributed by atoms with Gasteiger partial charge in [-0.15, -0.1) is 0 Å². The van der Waals surface area contributed by atoms with Crippen LogP contribution in [0, 0.1) is 17.0 Å². The highest BCUT2D eigenvalue weighted by Crippen LogP contribution is 2.34. The molecule has 1 fully saturated rings. The van der Waals surface area contributed by atoms with Crippen molar-refractivity contribution < 1.29 is 9.72 Å². The smallest absolute Gasteiger partial charge is 0.292 e. The van der Waals surface area contributed by atoms with Crippen LogP contribution in [0.15, 0.2) is 36.4 Å². The van der Waals surface area contributed by atoms with Crippen LogP contribution in [0.1, 0.15) is 29.3 Å².